The molecule has 24 heavy (non-hydrogen) atoms. The highest BCUT2D eigenvalue weighted by molar-refractivity contribution is 7.10. The van der Waals surface area contributed by atoms with Gasteiger partial charge in [0.05, 0.1) is 25.3 Å². The van der Waals surface area contributed by atoms with Crippen LogP contribution in [0.1, 0.15) is 35.8 Å². The van der Waals surface area contributed by atoms with Crippen LogP contribution in [-0.4, -0.2) is 19.1 Å². The van der Waals surface area contributed by atoms with Crippen LogP contribution in [0.25, 0.3) is 0 Å². The molecule has 1 atom stereocenters. The van der Waals surface area contributed by atoms with E-state index < -0.39 is 0 Å². The number of rotatable bonds is 6. The molecule has 1 aromatic heterocycles. The van der Waals surface area contributed by atoms with E-state index in [0.29, 0.717) is 18.9 Å². The number of anilines is 1. The van der Waals surface area contributed by atoms with Crippen LogP contribution in [0.2, 0.25) is 0 Å². The monoisotopic (exact) mass is 343 g/mol. The topological polar surface area (TPSA) is 47.6 Å². The highest BCUT2D eigenvalue weighted by Crippen LogP contribution is 2.35. The Bertz CT molecular complexity index is 723. The molecule has 2 heterocycles. The third-order valence-electron chi connectivity index (χ3n) is 4.47. The number of ether oxygens (including phenoxy) is 2. The van der Waals surface area contributed by atoms with E-state index in [1.165, 1.54) is 23.3 Å². The molecule has 2 aliphatic rings. The van der Waals surface area contributed by atoms with Gasteiger partial charge in [-0.2, -0.15) is 0 Å². The number of fused-ring (bicyclic) bond motifs is 1. The predicted octanol–water partition coefficient (Wildman–Crippen LogP) is 4.18. The van der Waals surface area contributed by atoms with E-state index in [1.807, 2.05) is 24.3 Å². The molecule has 1 unspecified atom stereocenters. The van der Waals surface area contributed by atoms with Gasteiger partial charge in [-0.1, -0.05) is 12.1 Å². The van der Waals surface area contributed by atoms with E-state index in [2.05, 4.69) is 16.8 Å². The molecular formula is C19H21NO3S. The first-order valence-corrected chi connectivity index (χ1v) is 9.37. The Labute approximate surface area is 145 Å². The van der Waals surface area contributed by atoms with Gasteiger partial charge < -0.3 is 14.8 Å². The Hall–Kier alpha value is -1.85. The van der Waals surface area contributed by atoms with Crippen LogP contribution in [-0.2, 0) is 16.0 Å². The van der Waals surface area contributed by atoms with Gasteiger partial charge in [0.25, 0.3) is 0 Å². The summed E-state index contributed by atoms with van der Waals surface area (Å²) in [7, 11) is 0. The van der Waals surface area contributed by atoms with Gasteiger partial charge in [-0.15, -0.1) is 11.3 Å². The second-order valence-electron chi connectivity index (χ2n) is 6.42. The summed E-state index contributed by atoms with van der Waals surface area (Å²) in [5, 5.41) is 5.06. The fraction of sp³-hybridized carbons (Fsp3) is 0.421. The number of carbonyl (C=O) groups is 1. The highest BCUT2D eigenvalue weighted by atomic mass is 32.1. The average molecular weight is 343 g/mol. The van der Waals surface area contributed by atoms with E-state index in [1.54, 1.807) is 11.3 Å². The summed E-state index contributed by atoms with van der Waals surface area (Å²) in [6.07, 6.45) is 3.64. The van der Waals surface area contributed by atoms with E-state index in [-0.39, 0.29) is 12.0 Å². The zero-order valence-corrected chi connectivity index (χ0v) is 14.3. The van der Waals surface area contributed by atoms with Gasteiger partial charge in [-0.3, -0.25) is 4.79 Å². The Morgan fingerprint density at radius 2 is 2.17 bits per heavy atom. The summed E-state index contributed by atoms with van der Waals surface area (Å²) in [5.74, 6) is 1.39. The molecule has 1 aromatic carbocycles. The molecule has 0 saturated heterocycles. The van der Waals surface area contributed by atoms with Crippen LogP contribution in [0.4, 0.5) is 5.69 Å². The molecule has 5 heteroatoms. The lowest BCUT2D eigenvalue weighted by Crippen LogP contribution is -2.21. The van der Waals surface area contributed by atoms with Crippen molar-refractivity contribution in [1.82, 2.24) is 0 Å². The number of para-hydroxylation sites is 2. The maximum Gasteiger partial charge on any atom is 0.227 e. The number of nitrogens with one attached hydrogen (secondary N) is 1. The van der Waals surface area contributed by atoms with Crippen molar-refractivity contribution in [2.24, 2.45) is 5.92 Å². The molecule has 0 radical (unpaired) electrons. The van der Waals surface area contributed by atoms with Gasteiger partial charge in [0, 0.05) is 4.88 Å². The second kappa shape index (κ2) is 6.95. The first-order chi connectivity index (χ1) is 11.8. The van der Waals surface area contributed by atoms with Crippen LogP contribution in [0.5, 0.6) is 5.75 Å². The lowest BCUT2D eigenvalue weighted by Gasteiger charge is -2.23. The smallest absolute Gasteiger partial charge is 0.227 e. The van der Waals surface area contributed by atoms with Gasteiger partial charge in [-0.25, -0.2) is 0 Å². The molecule has 1 fully saturated rings. The van der Waals surface area contributed by atoms with Crippen LogP contribution >= 0.6 is 11.3 Å². The Kier molecular flexibility index (Phi) is 4.54. The molecule has 2 aromatic rings. The van der Waals surface area contributed by atoms with E-state index in [0.717, 1.165) is 24.5 Å². The van der Waals surface area contributed by atoms with Crippen molar-refractivity contribution >= 4 is 22.9 Å². The van der Waals surface area contributed by atoms with Crippen LogP contribution < -0.4 is 10.1 Å². The van der Waals surface area contributed by atoms with Gasteiger partial charge in [0.2, 0.25) is 5.91 Å². The Morgan fingerprint density at radius 3 is 3.04 bits per heavy atom. The van der Waals surface area contributed by atoms with Crippen molar-refractivity contribution in [1.29, 1.82) is 0 Å². The van der Waals surface area contributed by atoms with E-state index in [4.69, 9.17) is 9.47 Å². The van der Waals surface area contributed by atoms with Crippen LogP contribution in [0.3, 0.4) is 0 Å². The fourth-order valence-electron chi connectivity index (χ4n) is 2.93. The normalized spacial score (nSPS) is 19.6. The predicted molar refractivity (Wildman–Crippen MR) is 94.6 cm³/mol. The van der Waals surface area contributed by atoms with Gasteiger partial charge in [0.1, 0.15) is 11.9 Å². The zero-order valence-electron chi connectivity index (χ0n) is 13.5. The number of carbonyl (C=O) groups excluding carboxylic acids is 1. The molecule has 1 amide bonds. The first kappa shape index (κ1) is 15.7. The van der Waals surface area contributed by atoms with E-state index in [9.17, 15) is 4.79 Å². The van der Waals surface area contributed by atoms with Gasteiger partial charge in [0.15, 0.2) is 0 Å². The number of hydrogen-bond acceptors (Lipinski definition) is 4. The highest BCUT2D eigenvalue weighted by Gasteiger charge is 2.25. The van der Waals surface area contributed by atoms with Crippen molar-refractivity contribution in [3.63, 3.8) is 0 Å². The average Bonchev–Trinajstić information content (AvgIpc) is 3.29. The minimum atomic E-state index is -0.131. The summed E-state index contributed by atoms with van der Waals surface area (Å²) < 4.78 is 11.7. The standard InChI is InChI=1S/C19H21NO3S/c21-18(11-17-19-14(7-9-22-17)8-10-24-19)20-15-3-1-2-4-16(15)23-12-13-5-6-13/h1-4,8,10,13,17H,5-7,9,11-12H2,(H,20,21). The summed E-state index contributed by atoms with van der Waals surface area (Å²) in [4.78, 5) is 13.7. The number of amides is 1. The van der Waals surface area contributed by atoms with Crippen molar-refractivity contribution < 1.29 is 14.3 Å². The molecule has 1 saturated carbocycles. The summed E-state index contributed by atoms with van der Waals surface area (Å²) in [6, 6.07) is 9.77. The minimum absolute atomic E-state index is 0.0382. The van der Waals surface area contributed by atoms with Gasteiger partial charge in [-0.05, 0) is 54.3 Å². The lowest BCUT2D eigenvalue weighted by atomic mass is 10.1. The molecule has 1 aliphatic heterocycles. The summed E-state index contributed by atoms with van der Waals surface area (Å²) >= 11 is 1.67. The van der Waals surface area contributed by atoms with Gasteiger partial charge >= 0.3 is 0 Å². The van der Waals surface area contributed by atoms with Crippen molar-refractivity contribution in [3.8, 4) is 5.75 Å². The number of hydrogen-bond donors (Lipinski definition) is 1. The third kappa shape index (κ3) is 3.62. The first-order valence-electron chi connectivity index (χ1n) is 8.49. The quantitative estimate of drug-likeness (QED) is 0.856. The maximum atomic E-state index is 12.5. The molecular weight excluding hydrogens is 322 g/mol. The molecule has 1 N–H and O–H groups in total. The Morgan fingerprint density at radius 1 is 1.29 bits per heavy atom. The Balaban J connectivity index is 1.40. The minimum Gasteiger partial charge on any atom is -0.491 e. The molecule has 0 spiro atoms. The molecule has 0 bridgehead atoms. The van der Waals surface area contributed by atoms with Crippen LogP contribution in [0, 0.1) is 5.92 Å². The maximum absolute atomic E-state index is 12.5. The summed E-state index contributed by atoms with van der Waals surface area (Å²) in [5.41, 5.74) is 2.06. The molecule has 4 rings (SSSR count). The molecule has 4 nitrogen and oxygen atoms in total. The number of benzene rings is 1. The van der Waals surface area contributed by atoms with E-state index >= 15 is 0 Å². The molecule has 126 valence electrons. The number of thiophene rings is 1. The largest absolute Gasteiger partial charge is 0.491 e. The lowest BCUT2D eigenvalue weighted by molar-refractivity contribution is -0.119. The van der Waals surface area contributed by atoms with Crippen LogP contribution in [0.15, 0.2) is 35.7 Å². The summed E-state index contributed by atoms with van der Waals surface area (Å²) in [6.45, 7) is 1.42. The SMILES string of the molecule is O=C(CC1OCCc2ccsc21)Nc1ccccc1OCC1CC1. The van der Waals surface area contributed by atoms with Crippen molar-refractivity contribution in [2.45, 2.75) is 31.8 Å². The third-order valence-corrected chi connectivity index (χ3v) is 5.52. The second-order valence-corrected chi connectivity index (χ2v) is 7.37. The fourth-order valence-corrected chi connectivity index (χ4v) is 3.94. The zero-order chi connectivity index (χ0) is 16.4. The molecule has 1 aliphatic carbocycles. The van der Waals surface area contributed by atoms with Crippen molar-refractivity contribution in [2.75, 3.05) is 18.5 Å². The van der Waals surface area contributed by atoms with Crippen molar-refractivity contribution in [3.05, 3.63) is 46.2 Å².